The van der Waals surface area contributed by atoms with Crippen molar-refractivity contribution >= 4 is 5.91 Å². The number of rotatable bonds is 6. The summed E-state index contributed by atoms with van der Waals surface area (Å²) in [6.45, 7) is 4.36. The van der Waals surface area contributed by atoms with Gasteiger partial charge >= 0.3 is 0 Å². The highest BCUT2D eigenvalue weighted by atomic mass is 16.5. The van der Waals surface area contributed by atoms with Gasteiger partial charge in [-0.3, -0.25) is 4.79 Å². The number of likely N-dealkylation sites (tertiary alicyclic amines) is 1. The summed E-state index contributed by atoms with van der Waals surface area (Å²) in [7, 11) is 0. The fraction of sp³-hybridized carbons (Fsp3) is 0.588. The number of fused-ring (bicyclic) bond motifs is 1. The smallest absolute Gasteiger partial charge is 0.222 e. The van der Waals surface area contributed by atoms with Crippen LogP contribution in [-0.2, 0) is 20.9 Å². The number of amides is 1. The average molecular weight is 304 g/mol. The van der Waals surface area contributed by atoms with Gasteiger partial charge in [0.2, 0.25) is 5.91 Å². The number of nitrogens with one attached hydrogen (secondary N) is 1. The maximum atomic E-state index is 12.2. The van der Waals surface area contributed by atoms with Gasteiger partial charge < -0.3 is 19.7 Å². The van der Waals surface area contributed by atoms with Gasteiger partial charge in [-0.2, -0.15) is 0 Å². The molecule has 1 aromatic rings. The topological polar surface area (TPSA) is 50.8 Å². The largest absolute Gasteiger partial charge is 0.377 e. The van der Waals surface area contributed by atoms with Gasteiger partial charge in [0.1, 0.15) is 0 Å². The van der Waals surface area contributed by atoms with E-state index < -0.39 is 0 Å². The normalized spacial score (nSPS) is 24.3. The molecule has 22 heavy (non-hydrogen) atoms. The van der Waals surface area contributed by atoms with Crippen molar-refractivity contribution in [1.82, 2.24) is 10.2 Å². The first kappa shape index (κ1) is 15.5. The molecule has 2 aliphatic heterocycles. The molecule has 2 atom stereocenters. The predicted molar refractivity (Wildman–Crippen MR) is 83.4 cm³/mol. The Kier molecular flexibility index (Phi) is 5.43. The van der Waals surface area contributed by atoms with Crippen molar-refractivity contribution in [2.45, 2.75) is 31.6 Å². The number of benzene rings is 1. The maximum Gasteiger partial charge on any atom is 0.222 e. The molecular weight excluding hydrogens is 280 g/mol. The summed E-state index contributed by atoms with van der Waals surface area (Å²) in [5, 5.41) is 3.42. The van der Waals surface area contributed by atoms with Crippen molar-refractivity contribution in [1.29, 1.82) is 0 Å². The highest BCUT2D eigenvalue weighted by molar-refractivity contribution is 5.76. The van der Waals surface area contributed by atoms with E-state index in [0.717, 1.165) is 32.7 Å². The van der Waals surface area contributed by atoms with Crippen molar-refractivity contribution in [2.75, 3.05) is 32.8 Å². The Morgan fingerprint density at radius 2 is 2.18 bits per heavy atom. The molecule has 3 rings (SSSR count). The van der Waals surface area contributed by atoms with Gasteiger partial charge in [-0.15, -0.1) is 0 Å². The van der Waals surface area contributed by atoms with Crippen molar-refractivity contribution in [2.24, 2.45) is 0 Å². The van der Waals surface area contributed by atoms with Gasteiger partial charge in [0.15, 0.2) is 0 Å². The molecule has 120 valence electrons. The van der Waals surface area contributed by atoms with E-state index in [4.69, 9.17) is 9.47 Å². The zero-order valence-electron chi connectivity index (χ0n) is 12.9. The summed E-state index contributed by atoms with van der Waals surface area (Å²) in [6.07, 6.45) is 1.49. The number of hydrogen-bond acceptors (Lipinski definition) is 4. The van der Waals surface area contributed by atoms with Crippen molar-refractivity contribution in [3.8, 4) is 0 Å². The van der Waals surface area contributed by atoms with E-state index in [2.05, 4.69) is 5.32 Å². The fourth-order valence-electron chi connectivity index (χ4n) is 3.04. The van der Waals surface area contributed by atoms with Gasteiger partial charge in [0.05, 0.1) is 25.4 Å². The molecule has 1 aromatic carbocycles. The number of carbonyl (C=O) groups is 1. The highest BCUT2D eigenvalue weighted by Crippen LogP contribution is 2.17. The van der Waals surface area contributed by atoms with Crippen molar-refractivity contribution in [3.63, 3.8) is 0 Å². The van der Waals surface area contributed by atoms with Crippen LogP contribution in [0.15, 0.2) is 30.3 Å². The van der Waals surface area contributed by atoms with Crippen molar-refractivity contribution in [3.05, 3.63) is 35.9 Å². The van der Waals surface area contributed by atoms with Crippen LogP contribution in [0.1, 0.15) is 18.4 Å². The third kappa shape index (κ3) is 4.06. The van der Waals surface area contributed by atoms with Crippen LogP contribution in [-0.4, -0.2) is 55.8 Å². The molecule has 0 aromatic heterocycles. The van der Waals surface area contributed by atoms with Gasteiger partial charge in [0, 0.05) is 32.7 Å². The summed E-state index contributed by atoms with van der Waals surface area (Å²) < 4.78 is 11.3. The van der Waals surface area contributed by atoms with Gasteiger partial charge in [-0.1, -0.05) is 30.3 Å². The number of morpholine rings is 1. The molecule has 0 aliphatic carbocycles. The van der Waals surface area contributed by atoms with E-state index in [9.17, 15) is 4.79 Å². The standard InChI is InChI=1S/C17H24N2O3/c20-17(19-11-15-16(12-19)22-10-8-18-15)7-4-9-21-13-14-5-2-1-3-6-14/h1-3,5-6,15-16,18H,4,7-13H2/t15-,16-/m0/s1. The van der Waals surface area contributed by atoms with Crippen LogP contribution >= 0.6 is 0 Å². The van der Waals surface area contributed by atoms with Crippen LogP contribution in [0, 0.1) is 0 Å². The van der Waals surface area contributed by atoms with E-state index in [-0.39, 0.29) is 12.0 Å². The van der Waals surface area contributed by atoms with Crippen LogP contribution in [0.2, 0.25) is 0 Å². The van der Waals surface area contributed by atoms with E-state index in [0.29, 0.717) is 25.7 Å². The Morgan fingerprint density at radius 1 is 1.32 bits per heavy atom. The number of carbonyl (C=O) groups excluding carboxylic acids is 1. The molecule has 0 spiro atoms. The summed E-state index contributed by atoms with van der Waals surface area (Å²) in [6, 6.07) is 10.4. The minimum atomic E-state index is 0.173. The lowest BCUT2D eigenvalue weighted by Gasteiger charge is -2.25. The Hall–Kier alpha value is -1.43. The third-order valence-electron chi connectivity index (χ3n) is 4.25. The molecule has 5 heteroatoms. The average Bonchev–Trinajstić information content (AvgIpc) is 2.99. The van der Waals surface area contributed by atoms with Crippen LogP contribution in [0.5, 0.6) is 0 Å². The minimum Gasteiger partial charge on any atom is -0.377 e. The summed E-state index contributed by atoms with van der Waals surface area (Å²) in [4.78, 5) is 14.1. The molecule has 0 bridgehead atoms. The SMILES string of the molecule is O=C(CCCOCc1ccccc1)N1C[C@@H]2NCCO[C@H]2C1. The van der Waals surface area contributed by atoms with Gasteiger partial charge in [-0.05, 0) is 12.0 Å². The van der Waals surface area contributed by atoms with E-state index in [1.165, 1.54) is 5.56 Å². The second-order valence-corrected chi connectivity index (χ2v) is 5.91. The summed E-state index contributed by atoms with van der Waals surface area (Å²) in [5.74, 6) is 0.211. The molecule has 1 amide bonds. The lowest BCUT2D eigenvalue weighted by molar-refractivity contribution is -0.131. The zero-order valence-corrected chi connectivity index (χ0v) is 12.9. The Labute approximate surface area is 131 Å². The van der Waals surface area contributed by atoms with Crippen LogP contribution < -0.4 is 5.32 Å². The summed E-state index contributed by atoms with van der Waals surface area (Å²) >= 11 is 0. The predicted octanol–water partition coefficient (Wildman–Crippen LogP) is 1.18. The molecule has 2 fully saturated rings. The molecule has 5 nitrogen and oxygen atoms in total. The lowest BCUT2D eigenvalue weighted by Crippen LogP contribution is -2.47. The molecule has 1 N–H and O–H groups in total. The fourth-order valence-corrected chi connectivity index (χ4v) is 3.04. The number of hydrogen-bond donors (Lipinski definition) is 1. The Bertz CT molecular complexity index is 466. The third-order valence-corrected chi connectivity index (χ3v) is 4.25. The Morgan fingerprint density at radius 3 is 3.00 bits per heavy atom. The highest BCUT2D eigenvalue weighted by Gasteiger charge is 2.37. The molecule has 2 heterocycles. The molecular formula is C17H24N2O3. The summed E-state index contributed by atoms with van der Waals surface area (Å²) in [5.41, 5.74) is 1.17. The lowest BCUT2D eigenvalue weighted by atomic mass is 10.2. The van der Waals surface area contributed by atoms with E-state index >= 15 is 0 Å². The first-order chi connectivity index (χ1) is 10.8. The molecule has 0 unspecified atom stereocenters. The second-order valence-electron chi connectivity index (χ2n) is 5.91. The molecule has 2 aliphatic rings. The zero-order chi connectivity index (χ0) is 15.2. The second kappa shape index (κ2) is 7.72. The van der Waals surface area contributed by atoms with Gasteiger partial charge in [-0.25, -0.2) is 0 Å². The van der Waals surface area contributed by atoms with E-state index in [1.807, 2.05) is 35.2 Å². The molecule has 0 radical (unpaired) electrons. The first-order valence-corrected chi connectivity index (χ1v) is 8.07. The quantitative estimate of drug-likeness (QED) is 0.802. The number of nitrogens with zero attached hydrogens (tertiary/aromatic N) is 1. The molecule has 2 saturated heterocycles. The Balaban J connectivity index is 1.31. The van der Waals surface area contributed by atoms with Crippen LogP contribution in [0.3, 0.4) is 0 Å². The maximum absolute atomic E-state index is 12.2. The van der Waals surface area contributed by atoms with E-state index in [1.54, 1.807) is 0 Å². The first-order valence-electron chi connectivity index (χ1n) is 8.07. The van der Waals surface area contributed by atoms with Crippen LogP contribution in [0.4, 0.5) is 0 Å². The minimum absolute atomic E-state index is 0.173. The molecule has 0 saturated carbocycles. The van der Waals surface area contributed by atoms with Crippen LogP contribution in [0.25, 0.3) is 0 Å². The van der Waals surface area contributed by atoms with Gasteiger partial charge in [0.25, 0.3) is 0 Å². The van der Waals surface area contributed by atoms with Crippen molar-refractivity contribution < 1.29 is 14.3 Å². The monoisotopic (exact) mass is 304 g/mol. The number of ether oxygens (including phenoxy) is 2.